The number of pyridine rings is 1. The van der Waals surface area contributed by atoms with Gasteiger partial charge >= 0.3 is 0 Å². The number of piperidine rings is 1. The molecule has 5 nitrogen and oxygen atoms in total. The zero-order chi connectivity index (χ0) is 20.1. The molecule has 1 fully saturated rings. The van der Waals surface area contributed by atoms with Crippen molar-refractivity contribution in [1.29, 1.82) is 0 Å². The Bertz CT molecular complexity index is 916. The van der Waals surface area contributed by atoms with Crippen molar-refractivity contribution in [3.63, 3.8) is 0 Å². The zero-order valence-corrected chi connectivity index (χ0v) is 16.8. The highest BCUT2D eigenvalue weighted by Crippen LogP contribution is 2.25. The summed E-state index contributed by atoms with van der Waals surface area (Å²) in [7, 11) is 0. The molecule has 0 saturated carbocycles. The number of anilines is 1. The molecule has 0 bridgehead atoms. The highest BCUT2D eigenvalue weighted by molar-refractivity contribution is 6.05. The first-order valence-corrected chi connectivity index (χ1v) is 10.3. The van der Waals surface area contributed by atoms with E-state index in [4.69, 9.17) is 4.42 Å². The Kier molecular flexibility index (Phi) is 6.06. The molecule has 3 aromatic rings. The monoisotopic (exact) mass is 389 g/mol. The predicted octanol–water partition coefficient (Wildman–Crippen LogP) is 4.34. The third-order valence-corrected chi connectivity index (χ3v) is 5.62. The fourth-order valence-electron chi connectivity index (χ4n) is 3.97. The van der Waals surface area contributed by atoms with Crippen LogP contribution in [0.5, 0.6) is 0 Å². The molecular weight excluding hydrogens is 362 g/mol. The second kappa shape index (κ2) is 9.05. The second-order valence-electron chi connectivity index (χ2n) is 7.69. The van der Waals surface area contributed by atoms with Gasteiger partial charge in [-0.1, -0.05) is 30.3 Å². The van der Waals surface area contributed by atoms with Gasteiger partial charge in [-0.05, 0) is 55.5 Å². The lowest BCUT2D eigenvalue weighted by Crippen LogP contribution is -2.48. The molecule has 1 saturated heterocycles. The highest BCUT2D eigenvalue weighted by atomic mass is 16.3. The van der Waals surface area contributed by atoms with Crippen molar-refractivity contribution in [3.8, 4) is 0 Å². The van der Waals surface area contributed by atoms with Gasteiger partial charge in [0.1, 0.15) is 12.1 Å². The summed E-state index contributed by atoms with van der Waals surface area (Å²) in [6.07, 6.45) is 7.77. The van der Waals surface area contributed by atoms with Gasteiger partial charge in [0.25, 0.3) is 5.91 Å². The van der Waals surface area contributed by atoms with Crippen molar-refractivity contribution < 1.29 is 9.21 Å². The van der Waals surface area contributed by atoms with Gasteiger partial charge < -0.3 is 9.32 Å². The van der Waals surface area contributed by atoms with Crippen molar-refractivity contribution in [2.75, 3.05) is 24.5 Å². The Labute approximate surface area is 172 Å². The minimum Gasteiger partial charge on any atom is -0.472 e. The van der Waals surface area contributed by atoms with Gasteiger partial charge in [-0.15, -0.1) is 0 Å². The molecule has 29 heavy (non-hydrogen) atoms. The topological polar surface area (TPSA) is 49.6 Å². The van der Waals surface area contributed by atoms with Crippen molar-refractivity contribution in [2.45, 2.75) is 32.2 Å². The fraction of sp³-hybridized carbons (Fsp3) is 0.333. The van der Waals surface area contributed by atoms with Crippen LogP contribution in [0.25, 0.3) is 0 Å². The largest absolute Gasteiger partial charge is 0.472 e. The van der Waals surface area contributed by atoms with Crippen LogP contribution in [0.4, 0.5) is 5.82 Å². The third-order valence-electron chi connectivity index (χ3n) is 5.62. The molecule has 150 valence electrons. The molecule has 0 spiro atoms. The van der Waals surface area contributed by atoms with E-state index in [1.807, 2.05) is 24.0 Å². The number of nitrogens with zero attached hydrogens (tertiary/aromatic N) is 3. The molecule has 1 aliphatic rings. The van der Waals surface area contributed by atoms with E-state index in [-0.39, 0.29) is 11.9 Å². The average Bonchev–Trinajstić information content (AvgIpc) is 3.29. The normalized spacial score (nSPS) is 15.3. The number of carbonyl (C=O) groups excluding carboxylic acids is 1. The number of aryl methyl sites for hydroxylation is 1. The van der Waals surface area contributed by atoms with Crippen LogP contribution in [-0.4, -0.2) is 41.5 Å². The summed E-state index contributed by atoms with van der Waals surface area (Å²) in [5.41, 5.74) is 3.04. The fourth-order valence-corrected chi connectivity index (χ4v) is 3.97. The summed E-state index contributed by atoms with van der Waals surface area (Å²) in [5, 5.41) is 0. The number of hydrogen-bond acceptors (Lipinski definition) is 4. The van der Waals surface area contributed by atoms with Gasteiger partial charge in [0.05, 0.1) is 11.8 Å². The van der Waals surface area contributed by atoms with Crippen LogP contribution in [-0.2, 0) is 6.42 Å². The minimum atomic E-state index is -0.0421. The first-order chi connectivity index (χ1) is 14.2. The number of likely N-dealkylation sites (tertiary alicyclic amines) is 1. The smallest absolute Gasteiger partial charge is 0.262 e. The van der Waals surface area contributed by atoms with E-state index in [1.54, 1.807) is 18.5 Å². The Morgan fingerprint density at radius 3 is 2.66 bits per heavy atom. The van der Waals surface area contributed by atoms with Gasteiger partial charge in [0.15, 0.2) is 0 Å². The van der Waals surface area contributed by atoms with Crippen molar-refractivity contribution in [3.05, 3.63) is 83.9 Å². The maximum atomic E-state index is 13.2. The van der Waals surface area contributed by atoms with Crippen molar-refractivity contribution in [1.82, 2.24) is 9.88 Å². The number of rotatable bonds is 6. The number of benzene rings is 1. The molecule has 3 heterocycles. The van der Waals surface area contributed by atoms with Crippen LogP contribution >= 0.6 is 0 Å². The van der Waals surface area contributed by atoms with Crippen LogP contribution < -0.4 is 4.90 Å². The number of furan rings is 1. The van der Waals surface area contributed by atoms with E-state index < -0.39 is 0 Å². The standard InChI is InChI=1S/C24H27N3O2/c1-19-7-12-25-23(17-19)27(24(28)21-11-16-29-18-21)22-9-14-26(15-10-22)13-8-20-5-3-2-4-6-20/h2-7,11-12,16-18,22H,8-10,13-15H2,1H3. The number of amides is 1. The Hall–Kier alpha value is -2.92. The number of aromatic nitrogens is 1. The van der Waals surface area contributed by atoms with Crippen LogP contribution in [0.1, 0.15) is 34.3 Å². The molecule has 0 unspecified atom stereocenters. The second-order valence-corrected chi connectivity index (χ2v) is 7.69. The van der Waals surface area contributed by atoms with Gasteiger partial charge in [-0.3, -0.25) is 9.69 Å². The van der Waals surface area contributed by atoms with E-state index in [0.29, 0.717) is 5.56 Å². The van der Waals surface area contributed by atoms with E-state index in [9.17, 15) is 4.79 Å². The van der Waals surface area contributed by atoms with Gasteiger partial charge in [0.2, 0.25) is 0 Å². The summed E-state index contributed by atoms with van der Waals surface area (Å²) < 4.78 is 5.15. The molecule has 0 aliphatic carbocycles. The van der Waals surface area contributed by atoms with Crippen molar-refractivity contribution in [2.24, 2.45) is 0 Å². The summed E-state index contributed by atoms with van der Waals surface area (Å²) in [6, 6.07) is 16.4. The maximum Gasteiger partial charge on any atom is 0.262 e. The van der Waals surface area contributed by atoms with E-state index in [1.165, 1.54) is 11.8 Å². The van der Waals surface area contributed by atoms with Crippen LogP contribution in [0.15, 0.2) is 71.7 Å². The highest BCUT2D eigenvalue weighted by Gasteiger charge is 2.31. The average molecular weight is 389 g/mol. The van der Waals surface area contributed by atoms with Gasteiger partial charge in [-0.2, -0.15) is 0 Å². The van der Waals surface area contributed by atoms with E-state index >= 15 is 0 Å². The van der Waals surface area contributed by atoms with Gasteiger partial charge in [-0.25, -0.2) is 4.98 Å². The lowest BCUT2D eigenvalue weighted by Gasteiger charge is -2.38. The molecule has 1 aliphatic heterocycles. The molecule has 0 N–H and O–H groups in total. The number of hydrogen-bond donors (Lipinski definition) is 0. The molecule has 1 amide bonds. The lowest BCUT2D eigenvalue weighted by atomic mass is 10.0. The van der Waals surface area contributed by atoms with Gasteiger partial charge in [0, 0.05) is 31.9 Å². The molecule has 0 atom stereocenters. The molecule has 2 aromatic heterocycles. The lowest BCUT2D eigenvalue weighted by molar-refractivity contribution is 0.0958. The Morgan fingerprint density at radius 2 is 1.97 bits per heavy atom. The molecular formula is C24H27N3O2. The molecule has 5 heteroatoms. The molecule has 4 rings (SSSR count). The summed E-state index contributed by atoms with van der Waals surface area (Å²) in [6.45, 7) is 5.05. The van der Waals surface area contributed by atoms with Crippen molar-refractivity contribution >= 4 is 11.7 Å². The summed E-state index contributed by atoms with van der Waals surface area (Å²) >= 11 is 0. The van der Waals surface area contributed by atoms with Crippen LogP contribution in [0.3, 0.4) is 0 Å². The summed E-state index contributed by atoms with van der Waals surface area (Å²) in [4.78, 5) is 22.1. The minimum absolute atomic E-state index is 0.0421. The van der Waals surface area contributed by atoms with Crippen LogP contribution in [0.2, 0.25) is 0 Å². The Balaban J connectivity index is 1.44. The third kappa shape index (κ3) is 4.74. The van der Waals surface area contributed by atoms with E-state index in [0.717, 1.165) is 50.3 Å². The zero-order valence-electron chi connectivity index (χ0n) is 16.8. The number of carbonyl (C=O) groups is 1. The quantitative estimate of drug-likeness (QED) is 0.629. The Morgan fingerprint density at radius 1 is 1.17 bits per heavy atom. The molecule has 0 radical (unpaired) electrons. The van der Waals surface area contributed by atoms with E-state index in [2.05, 4.69) is 40.2 Å². The SMILES string of the molecule is Cc1ccnc(N(C(=O)c2ccoc2)C2CCN(CCc3ccccc3)CC2)c1. The predicted molar refractivity (Wildman–Crippen MR) is 114 cm³/mol. The first kappa shape index (κ1) is 19.4. The first-order valence-electron chi connectivity index (χ1n) is 10.3. The maximum absolute atomic E-state index is 13.2. The van der Waals surface area contributed by atoms with Crippen LogP contribution in [0, 0.1) is 6.92 Å². The molecule has 1 aromatic carbocycles. The summed E-state index contributed by atoms with van der Waals surface area (Å²) in [5.74, 6) is 0.679.